The Bertz CT molecular complexity index is 223. The summed E-state index contributed by atoms with van der Waals surface area (Å²) >= 11 is 0. The average molecular weight is 178 g/mol. The van der Waals surface area contributed by atoms with E-state index in [1.807, 2.05) is 0 Å². The number of rotatable bonds is 2. The van der Waals surface area contributed by atoms with E-state index >= 15 is 0 Å². The van der Waals surface area contributed by atoms with Crippen LogP contribution in [0.5, 0.6) is 0 Å². The summed E-state index contributed by atoms with van der Waals surface area (Å²) in [6.07, 6.45) is 8.79. The van der Waals surface area contributed by atoms with Crippen LogP contribution >= 0.6 is 0 Å². The lowest BCUT2D eigenvalue weighted by Gasteiger charge is -2.21. The molecule has 70 valence electrons. The third-order valence-electron chi connectivity index (χ3n) is 1.79. The molecular formula is C11H14O2. The highest BCUT2D eigenvalue weighted by molar-refractivity contribution is 5.07. The second kappa shape index (κ2) is 6.54. The second-order valence-corrected chi connectivity index (χ2v) is 2.84. The first-order chi connectivity index (χ1) is 6.43. The van der Waals surface area contributed by atoms with Gasteiger partial charge >= 0.3 is 0 Å². The van der Waals surface area contributed by atoms with Crippen LogP contribution in [0.2, 0.25) is 0 Å². The first-order valence-corrected chi connectivity index (χ1v) is 4.56. The third-order valence-corrected chi connectivity index (χ3v) is 1.79. The van der Waals surface area contributed by atoms with Crippen molar-refractivity contribution < 1.29 is 9.47 Å². The van der Waals surface area contributed by atoms with E-state index in [9.17, 15) is 0 Å². The molecule has 1 fully saturated rings. The van der Waals surface area contributed by atoms with E-state index in [0.717, 1.165) is 19.4 Å². The Morgan fingerprint density at radius 1 is 1.38 bits per heavy atom. The van der Waals surface area contributed by atoms with E-state index in [0.29, 0.717) is 13.0 Å². The summed E-state index contributed by atoms with van der Waals surface area (Å²) in [5.74, 6) is 8.09. The Labute approximate surface area is 79.6 Å². The van der Waals surface area contributed by atoms with Gasteiger partial charge in [0.2, 0.25) is 0 Å². The van der Waals surface area contributed by atoms with Crippen LogP contribution in [-0.4, -0.2) is 19.5 Å². The zero-order valence-electron chi connectivity index (χ0n) is 7.71. The molecule has 0 bridgehead atoms. The van der Waals surface area contributed by atoms with Crippen molar-refractivity contribution in [3.05, 3.63) is 0 Å². The van der Waals surface area contributed by atoms with E-state index in [2.05, 4.69) is 17.8 Å². The van der Waals surface area contributed by atoms with Crippen LogP contribution in [-0.2, 0) is 9.47 Å². The Balaban J connectivity index is 2.05. The summed E-state index contributed by atoms with van der Waals surface area (Å²) < 4.78 is 10.7. The van der Waals surface area contributed by atoms with E-state index in [1.165, 1.54) is 6.42 Å². The van der Waals surface area contributed by atoms with Gasteiger partial charge in [-0.25, -0.2) is 0 Å². The third kappa shape index (κ3) is 4.58. The summed E-state index contributed by atoms with van der Waals surface area (Å²) in [5, 5.41) is 0. The molecule has 1 heterocycles. The fourth-order valence-corrected chi connectivity index (χ4v) is 1.14. The molecule has 0 N–H and O–H groups in total. The van der Waals surface area contributed by atoms with Gasteiger partial charge in [0.05, 0.1) is 6.42 Å². The topological polar surface area (TPSA) is 18.5 Å². The van der Waals surface area contributed by atoms with Crippen LogP contribution < -0.4 is 0 Å². The SMILES string of the molecule is C#CCC#CCOC1CCCCO1. The van der Waals surface area contributed by atoms with Crippen molar-refractivity contribution in [3.63, 3.8) is 0 Å². The van der Waals surface area contributed by atoms with Gasteiger partial charge in [-0.3, -0.25) is 0 Å². The normalized spacial score (nSPS) is 21.3. The Kier molecular flexibility index (Phi) is 5.10. The monoisotopic (exact) mass is 178 g/mol. The molecule has 0 saturated carbocycles. The standard InChI is InChI=1S/C11H14O2/c1-2-3-4-6-9-12-11-8-5-7-10-13-11/h1,11H,3,5,7-10H2. The Hall–Kier alpha value is -0.960. The highest BCUT2D eigenvalue weighted by Gasteiger charge is 2.12. The maximum Gasteiger partial charge on any atom is 0.158 e. The smallest absolute Gasteiger partial charge is 0.158 e. The number of ether oxygens (including phenoxy) is 2. The van der Waals surface area contributed by atoms with Gasteiger partial charge in [0, 0.05) is 6.61 Å². The Morgan fingerprint density at radius 3 is 3.00 bits per heavy atom. The van der Waals surface area contributed by atoms with Gasteiger partial charge in [0.25, 0.3) is 0 Å². The lowest BCUT2D eigenvalue weighted by Crippen LogP contribution is -2.22. The summed E-state index contributed by atoms with van der Waals surface area (Å²) in [7, 11) is 0. The summed E-state index contributed by atoms with van der Waals surface area (Å²) in [6, 6.07) is 0. The van der Waals surface area contributed by atoms with Crippen molar-refractivity contribution in [1.29, 1.82) is 0 Å². The molecule has 1 atom stereocenters. The molecule has 1 rings (SSSR count). The molecule has 1 saturated heterocycles. The maximum atomic E-state index is 5.37. The van der Waals surface area contributed by atoms with E-state index in [4.69, 9.17) is 15.9 Å². The zero-order chi connectivity index (χ0) is 9.36. The summed E-state index contributed by atoms with van der Waals surface area (Å²) in [6.45, 7) is 1.23. The molecule has 1 unspecified atom stereocenters. The van der Waals surface area contributed by atoms with Crippen LogP contribution in [0, 0.1) is 24.2 Å². The van der Waals surface area contributed by atoms with Gasteiger partial charge in [-0.15, -0.1) is 6.42 Å². The fourth-order valence-electron chi connectivity index (χ4n) is 1.14. The zero-order valence-corrected chi connectivity index (χ0v) is 7.71. The van der Waals surface area contributed by atoms with Gasteiger partial charge in [-0.05, 0) is 19.3 Å². The number of hydrogen-bond acceptors (Lipinski definition) is 2. The molecule has 0 aromatic heterocycles. The second-order valence-electron chi connectivity index (χ2n) is 2.84. The van der Waals surface area contributed by atoms with Crippen LogP contribution in [0.1, 0.15) is 25.7 Å². The molecule has 2 heteroatoms. The molecule has 0 spiro atoms. The molecule has 0 aromatic rings. The van der Waals surface area contributed by atoms with Crippen molar-refractivity contribution in [2.75, 3.05) is 13.2 Å². The number of hydrogen-bond donors (Lipinski definition) is 0. The highest BCUT2D eigenvalue weighted by Crippen LogP contribution is 2.12. The molecular weight excluding hydrogens is 164 g/mol. The first kappa shape index (κ1) is 10.1. The van der Waals surface area contributed by atoms with Gasteiger partial charge < -0.3 is 9.47 Å². The minimum atomic E-state index is -0.0473. The van der Waals surface area contributed by atoms with Crippen molar-refractivity contribution in [2.45, 2.75) is 32.0 Å². The molecule has 0 radical (unpaired) electrons. The number of terminal acetylenes is 1. The quantitative estimate of drug-likeness (QED) is 0.597. The van der Waals surface area contributed by atoms with Gasteiger partial charge in [-0.2, -0.15) is 0 Å². The van der Waals surface area contributed by atoms with Crippen LogP contribution in [0.15, 0.2) is 0 Å². The first-order valence-electron chi connectivity index (χ1n) is 4.56. The van der Waals surface area contributed by atoms with Crippen LogP contribution in [0.25, 0.3) is 0 Å². The molecule has 1 aliphatic heterocycles. The minimum absolute atomic E-state index is 0.0473. The molecule has 2 nitrogen and oxygen atoms in total. The van der Waals surface area contributed by atoms with E-state index in [-0.39, 0.29) is 6.29 Å². The van der Waals surface area contributed by atoms with Gasteiger partial charge in [0.1, 0.15) is 6.61 Å². The summed E-state index contributed by atoms with van der Waals surface area (Å²) in [5.41, 5.74) is 0. The molecule has 0 aliphatic carbocycles. The van der Waals surface area contributed by atoms with Crippen molar-refractivity contribution in [3.8, 4) is 24.2 Å². The van der Waals surface area contributed by atoms with Crippen molar-refractivity contribution in [2.24, 2.45) is 0 Å². The van der Waals surface area contributed by atoms with Crippen molar-refractivity contribution in [1.82, 2.24) is 0 Å². The predicted octanol–water partition coefficient (Wildman–Crippen LogP) is 1.56. The molecule has 13 heavy (non-hydrogen) atoms. The largest absolute Gasteiger partial charge is 0.353 e. The lowest BCUT2D eigenvalue weighted by molar-refractivity contribution is -0.154. The predicted molar refractivity (Wildman–Crippen MR) is 50.8 cm³/mol. The maximum absolute atomic E-state index is 5.37. The highest BCUT2D eigenvalue weighted by atomic mass is 16.7. The van der Waals surface area contributed by atoms with Crippen molar-refractivity contribution >= 4 is 0 Å². The van der Waals surface area contributed by atoms with E-state index in [1.54, 1.807) is 0 Å². The van der Waals surface area contributed by atoms with Crippen LogP contribution in [0.3, 0.4) is 0 Å². The average Bonchev–Trinajstić information content (AvgIpc) is 2.19. The molecule has 0 amide bonds. The van der Waals surface area contributed by atoms with Gasteiger partial charge in [0.15, 0.2) is 6.29 Å². The molecule has 0 aromatic carbocycles. The lowest BCUT2D eigenvalue weighted by atomic mass is 10.2. The molecule has 1 aliphatic rings. The fraction of sp³-hybridized carbons (Fsp3) is 0.636. The van der Waals surface area contributed by atoms with E-state index < -0.39 is 0 Å². The Morgan fingerprint density at radius 2 is 2.31 bits per heavy atom. The van der Waals surface area contributed by atoms with Gasteiger partial charge in [-0.1, -0.05) is 17.8 Å². The van der Waals surface area contributed by atoms with Crippen LogP contribution in [0.4, 0.5) is 0 Å². The summed E-state index contributed by atoms with van der Waals surface area (Å²) in [4.78, 5) is 0. The minimum Gasteiger partial charge on any atom is -0.353 e.